The summed E-state index contributed by atoms with van der Waals surface area (Å²) in [5, 5.41) is 16.1. The molecule has 32 heavy (non-hydrogen) atoms. The van der Waals surface area contributed by atoms with Crippen molar-refractivity contribution >= 4 is 39.7 Å². The highest BCUT2D eigenvalue weighted by molar-refractivity contribution is 7.99. The topological polar surface area (TPSA) is 151 Å². The first kappa shape index (κ1) is 23.9. The first-order valence-electron chi connectivity index (χ1n) is 10.6. The third-order valence-electron chi connectivity index (χ3n) is 4.98. The van der Waals surface area contributed by atoms with E-state index in [1.54, 1.807) is 18.2 Å². The van der Waals surface area contributed by atoms with Crippen LogP contribution in [0.25, 0.3) is 10.9 Å². The molecule has 2 aliphatic rings. The third kappa shape index (κ3) is 7.41. The lowest BCUT2D eigenvalue weighted by Crippen LogP contribution is -2.53. The fourth-order valence-electron chi connectivity index (χ4n) is 3.24. The van der Waals surface area contributed by atoms with E-state index in [9.17, 15) is 5.11 Å². The maximum Gasteiger partial charge on any atom is 0.221 e. The zero-order chi connectivity index (χ0) is 22.8. The summed E-state index contributed by atoms with van der Waals surface area (Å²) in [5.74, 6) is 2.47. The van der Waals surface area contributed by atoms with Crippen molar-refractivity contribution in [2.24, 2.45) is 5.73 Å². The van der Waals surface area contributed by atoms with E-state index >= 15 is 0 Å². The number of rotatable bonds is 1. The van der Waals surface area contributed by atoms with Gasteiger partial charge in [0.15, 0.2) is 0 Å². The van der Waals surface area contributed by atoms with E-state index in [-0.39, 0.29) is 12.0 Å². The van der Waals surface area contributed by atoms with E-state index in [0.717, 1.165) is 38.4 Å². The number of nitrogens with zero attached hydrogens (tertiary/aromatic N) is 3. The van der Waals surface area contributed by atoms with Gasteiger partial charge in [0.25, 0.3) is 0 Å². The Balaban J connectivity index is 0.000000142. The molecule has 10 heteroatoms. The van der Waals surface area contributed by atoms with Crippen molar-refractivity contribution in [1.29, 1.82) is 0 Å². The number of aromatic hydroxyl groups is 1. The molecule has 0 amide bonds. The summed E-state index contributed by atoms with van der Waals surface area (Å²) in [7, 11) is 0. The Morgan fingerprint density at radius 3 is 2.31 bits per heavy atom. The number of nitrogens with two attached hydrogens (primary N) is 3. The monoisotopic (exact) mass is 456 g/mol. The summed E-state index contributed by atoms with van der Waals surface area (Å²) >= 11 is 2.03. The predicted octanol–water partition coefficient (Wildman–Crippen LogP) is 1.20. The van der Waals surface area contributed by atoms with Crippen LogP contribution >= 0.6 is 11.8 Å². The molecule has 1 atom stereocenters. The minimum absolute atomic E-state index is 0.0139. The molecule has 5 rings (SSSR count). The van der Waals surface area contributed by atoms with E-state index in [4.69, 9.17) is 17.2 Å². The summed E-state index contributed by atoms with van der Waals surface area (Å²) in [5.41, 5.74) is 20.1. The number of benzene rings is 2. The Labute approximate surface area is 192 Å². The number of nitrogens with one attached hydrogen (secondary N) is 2. The lowest BCUT2D eigenvalue weighted by atomic mass is 10.2. The molecule has 172 valence electrons. The standard InChI is InChI=1S/C10H14N2S.C8H7N3O.C4H11N3/c11-9-1-3-10(4-2-9)12-5-7-13-8-6-12;9-5-1-2-6-7(3-5)10-4-11-8(6)12;5-4-3-6-1-2-7-4/h1-4H,5-8,11H2;1-4H,9H2,(H,10,11,12);4,6-7H,1-3,5H2. The molecule has 2 aromatic carbocycles. The van der Waals surface area contributed by atoms with Gasteiger partial charge in [-0.2, -0.15) is 11.8 Å². The number of piperazine rings is 1. The first-order chi connectivity index (χ1) is 15.5. The minimum atomic E-state index is -0.0139. The van der Waals surface area contributed by atoms with Crippen LogP contribution < -0.4 is 32.7 Å². The normalized spacial score (nSPS) is 18.2. The van der Waals surface area contributed by atoms with Crippen LogP contribution in [0.5, 0.6) is 5.88 Å². The average molecular weight is 457 g/mol. The van der Waals surface area contributed by atoms with Crippen LogP contribution in [0.3, 0.4) is 0 Å². The zero-order valence-electron chi connectivity index (χ0n) is 18.1. The molecule has 9 nitrogen and oxygen atoms in total. The molecule has 2 fully saturated rings. The van der Waals surface area contributed by atoms with Crippen molar-refractivity contribution in [3.05, 3.63) is 48.8 Å². The van der Waals surface area contributed by atoms with E-state index < -0.39 is 0 Å². The maximum atomic E-state index is 9.27. The van der Waals surface area contributed by atoms with Crippen molar-refractivity contribution in [2.45, 2.75) is 6.17 Å². The van der Waals surface area contributed by atoms with Gasteiger partial charge in [0.2, 0.25) is 5.88 Å². The summed E-state index contributed by atoms with van der Waals surface area (Å²) in [6.07, 6.45) is 1.48. The molecule has 1 unspecified atom stereocenters. The second-order valence-electron chi connectivity index (χ2n) is 7.43. The van der Waals surface area contributed by atoms with Gasteiger partial charge < -0.3 is 32.5 Å². The second-order valence-corrected chi connectivity index (χ2v) is 8.65. The van der Waals surface area contributed by atoms with Crippen LogP contribution in [0.4, 0.5) is 17.1 Å². The smallest absolute Gasteiger partial charge is 0.221 e. The van der Waals surface area contributed by atoms with Gasteiger partial charge in [0, 0.05) is 61.3 Å². The molecule has 0 radical (unpaired) electrons. The molecular weight excluding hydrogens is 424 g/mol. The molecule has 2 aliphatic heterocycles. The van der Waals surface area contributed by atoms with Crippen molar-refractivity contribution in [1.82, 2.24) is 20.6 Å². The summed E-state index contributed by atoms with van der Waals surface area (Å²) in [6.45, 7) is 5.28. The number of hydrogen-bond acceptors (Lipinski definition) is 10. The fraction of sp³-hybridized carbons (Fsp3) is 0.364. The summed E-state index contributed by atoms with van der Waals surface area (Å²) in [6, 6.07) is 13.2. The predicted molar refractivity (Wildman–Crippen MR) is 135 cm³/mol. The maximum absolute atomic E-state index is 9.27. The number of thioether (sulfide) groups is 1. The molecule has 9 N–H and O–H groups in total. The van der Waals surface area contributed by atoms with E-state index in [2.05, 4.69) is 37.6 Å². The molecule has 1 aromatic heterocycles. The fourth-order valence-corrected chi connectivity index (χ4v) is 4.15. The third-order valence-corrected chi connectivity index (χ3v) is 5.92. The van der Waals surface area contributed by atoms with Crippen LogP contribution in [0.1, 0.15) is 0 Å². The van der Waals surface area contributed by atoms with E-state index in [0.29, 0.717) is 16.6 Å². The lowest BCUT2D eigenvalue weighted by molar-refractivity contribution is 0.428. The van der Waals surface area contributed by atoms with Crippen LogP contribution in [0.15, 0.2) is 48.8 Å². The summed E-state index contributed by atoms with van der Waals surface area (Å²) in [4.78, 5) is 10.0. The molecule has 3 aromatic rings. The van der Waals surface area contributed by atoms with E-state index in [1.807, 2.05) is 23.9 Å². The highest BCUT2D eigenvalue weighted by atomic mass is 32.2. The van der Waals surface area contributed by atoms with Crippen molar-refractivity contribution in [3.63, 3.8) is 0 Å². The minimum Gasteiger partial charge on any atom is -0.493 e. The molecule has 0 saturated carbocycles. The summed E-state index contributed by atoms with van der Waals surface area (Å²) < 4.78 is 0. The SMILES string of the molecule is NC1CNCCN1.Nc1ccc(N2CCSCC2)cc1.Nc1ccc2c(O)ncnc2c1. The van der Waals surface area contributed by atoms with Gasteiger partial charge in [0.1, 0.15) is 6.33 Å². The Morgan fingerprint density at radius 2 is 1.69 bits per heavy atom. The molecule has 0 bridgehead atoms. The number of nitrogen functional groups attached to an aromatic ring is 2. The van der Waals surface area contributed by atoms with Crippen LogP contribution in [-0.4, -0.2) is 65.5 Å². The molecule has 3 heterocycles. The number of anilines is 3. The van der Waals surface area contributed by atoms with Gasteiger partial charge >= 0.3 is 0 Å². The highest BCUT2D eigenvalue weighted by Crippen LogP contribution is 2.21. The zero-order valence-corrected chi connectivity index (χ0v) is 18.9. The number of aromatic nitrogens is 2. The molecule has 0 spiro atoms. The number of hydrogen-bond donors (Lipinski definition) is 6. The van der Waals surface area contributed by atoms with Crippen LogP contribution in [-0.2, 0) is 0 Å². The first-order valence-corrected chi connectivity index (χ1v) is 11.8. The largest absolute Gasteiger partial charge is 0.493 e. The molecular formula is C22H32N8OS. The molecule has 0 aliphatic carbocycles. The quantitative estimate of drug-likeness (QED) is 0.295. The van der Waals surface area contributed by atoms with Crippen LogP contribution in [0, 0.1) is 0 Å². The van der Waals surface area contributed by atoms with Gasteiger partial charge in [0.05, 0.1) is 17.1 Å². The Hall–Kier alpha value is -2.79. The van der Waals surface area contributed by atoms with Gasteiger partial charge in [-0.1, -0.05) is 0 Å². The Bertz CT molecular complexity index is 960. The van der Waals surface area contributed by atoms with Gasteiger partial charge in [-0.05, 0) is 42.5 Å². The second kappa shape index (κ2) is 12.3. The van der Waals surface area contributed by atoms with Crippen molar-refractivity contribution in [2.75, 3.05) is 60.6 Å². The average Bonchev–Trinajstić information content (AvgIpc) is 2.82. The van der Waals surface area contributed by atoms with Gasteiger partial charge in [-0.3, -0.25) is 5.32 Å². The Morgan fingerprint density at radius 1 is 0.969 bits per heavy atom. The van der Waals surface area contributed by atoms with E-state index in [1.165, 1.54) is 23.5 Å². The van der Waals surface area contributed by atoms with Crippen molar-refractivity contribution in [3.8, 4) is 5.88 Å². The molecule has 2 saturated heterocycles. The Kier molecular flexibility index (Phi) is 9.17. The van der Waals surface area contributed by atoms with Crippen molar-refractivity contribution < 1.29 is 5.11 Å². The van der Waals surface area contributed by atoms with Crippen LogP contribution in [0.2, 0.25) is 0 Å². The lowest BCUT2D eigenvalue weighted by Gasteiger charge is -2.28. The van der Waals surface area contributed by atoms with Gasteiger partial charge in [-0.25, -0.2) is 9.97 Å². The highest BCUT2D eigenvalue weighted by Gasteiger charge is 2.10. The van der Waals surface area contributed by atoms with Gasteiger partial charge in [-0.15, -0.1) is 0 Å². The number of fused-ring (bicyclic) bond motifs is 1.